The zero-order valence-corrected chi connectivity index (χ0v) is 17.7. The summed E-state index contributed by atoms with van der Waals surface area (Å²) in [5, 5.41) is 4.91. The van der Waals surface area contributed by atoms with Crippen LogP contribution < -0.4 is 27.2 Å². The van der Waals surface area contributed by atoms with E-state index in [0.717, 1.165) is 17.7 Å². The lowest BCUT2D eigenvalue weighted by molar-refractivity contribution is -0.00000576. The minimum Gasteiger partial charge on any atom is -1.00 e. The second kappa shape index (κ2) is 11.0. The molecule has 0 aliphatic heterocycles. The molecular formula is C21H25Cl3NO2-. The molecule has 1 N–H and O–H groups in total. The fourth-order valence-electron chi connectivity index (χ4n) is 3.32. The highest BCUT2D eigenvalue weighted by atomic mass is 35.5. The van der Waals surface area contributed by atoms with Crippen molar-refractivity contribution in [2.45, 2.75) is 51.3 Å². The van der Waals surface area contributed by atoms with Crippen molar-refractivity contribution in [1.82, 2.24) is 5.32 Å². The third kappa shape index (κ3) is 6.46. The Morgan fingerprint density at radius 1 is 1.00 bits per heavy atom. The number of hydrogen-bond donors (Lipinski definition) is 1. The minimum atomic E-state index is 0. The van der Waals surface area contributed by atoms with Crippen LogP contribution in [0, 0.1) is 0 Å². The van der Waals surface area contributed by atoms with Crippen LogP contribution in [0.5, 0.6) is 11.5 Å². The molecule has 0 aromatic heterocycles. The van der Waals surface area contributed by atoms with Crippen LogP contribution in [0.2, 0.25) is 10.0 Å². The summed E-state index contributed by atoms with van der Waals surface area (Å²) in [5.41, 5.74) is 2.13. The van der Waals surface area contributed by atoms with Gasteiger partial charge in [-0.05, 0) is 48.2 Å². The number of halogens is 3. The lowest BCUT2D eigenvalue weighted by atomic mass is 9.95. The van der Waals surface area contributed by atoms with Crippen LogP contribution >= 0.6 is 23.2 Å². The van der Waals surface area contributed by atoms with Crippen molar-refractivity contribution in [2.24, 2.45) is 0 Å². The topological polar surface area (TPSA) is 30.5 Å². The quantitative estimate of drug-likeness (QED) is 0.734. The Balaban J connectivity index is 0.00000261. The summed E-state index contributed by atoms with van der Waals surface area (Å²) in [4.78, 5) is 0. The normalized spacial score (nSPS) is 14.5. The molecule has 0 unspecified atom stereocenters. The molecule has 0 spiro atoms. The Labute approximate surface area is 177 Å². The first-order valence-corrected chi connectivity index (χ1v) is 9.88. The first kappa shape index (κ1) is 22.2. The van der Waals surface area contributed by atoms with Gasteiger partial charge in [0, 0.05) is 17.6 Å². The molecule has 0 saturated heterocycles. The highest BCUT2D eigenvalue weighted by Gasteiger charge is 2.15. The second-order valence-corrected chi connectivity index (χ2v) is 7.58. The average molecular weight is 430 g/mol. The fraction of sp³-hybridized carbons (Fsp3) is 0.429. The molecule has 1 aliphatic rings. The van der Waals surface area contributed by atoms with Gasteiger partial charge in [-0.15, -0.1) is 0 Å². The maximum absolute atomic E-state index is 6.47. The summed E-state index contributed by atoms with van der Waals surface area (Å²) in [5.74, 6) is 1.23. The zero-order valence-electron chi connectivity index (χ0n) is 15.4. The summed E-state index contributed by atoms with van der Waals surface area (Å²) in [6.45, 7) is 1.20. The monoisotopic (exact) mass is 428 g/mol. The molecule has 0 bridgehead atoms. The third-order valence-electron chi connectivity index (χ3n) is 4.79. The summed E-state index contributed by atoms with van der Waals surface area (Å²) in [6, 6.07) is 12.1. The Morgan fingerprint density at radius 3 is 2.37 bits per heavy atom. The lowest BCUT2D eigenvalue weighted by Gasteiger charge is -2.23. The van der Waals surface area contributed by atoms with Crippen LogP contribution in [0.25, 0.3) is 0 Å². The molecule has 6 heteroatoms. The van der Waals surface area contributed by atoms with E-state index in [1.165, 1.54) is 32.1 Å². The first-order chi connectivity index (χ1) is 12.7. The van der Waals surface area contributed by atoms with Gasteiger partial charge in [-0.2, -0.15) is 0 Å². The molecule has 0 atom stereocenters. The Morgan fingerprint density at radius 2 is 1.70 bits per heavy atom. The molecule has 1 saturated carbocycles. The van der Waals surface area contributed by atoms with Gasteiger partial charge >= 0.3 is 0 Å². The SMILES string of the molecule is COc1cc(CNC2CCCCC2)cc(Cl)c1OCc1ccc(Cl)cc1.[Cl-]. The number of ether oxygens (including phenoxy) is 2. The van der Waals surface area contributed by atoms with E-state index in [1.807, 2.05) is 36.4 Å². The van der Waals surface area contributed by atoms with Crippen LogP contribution in [0.4, 0.5) is 0 Å². The van der Waals surface area contributed by atoms with Gasteiger partial charge < -0.3 is 27.2 Å². The number of rotatable bonds is 7. The van der Waals surface area contributed by atoms with E-state index in [0.29, 0.717) is 34.2 Å². The molecule has 0 amide bonds. The zero-order chi connectivity index (χ0) is 18.4. The Kier molecular flexibility index (Phi) is 9.04. The number of benzene rings is 2. The van der Waals surface area contributed by atoms with Gasteiger partial charge in [0.2, 0.25) is 0 Å². The van der Waals surface area contributed by atoms with E-state index < -0.39 is 0 Å². The van der Waals surface area contributed by atoms with E-state index in [9.17, 15) is 0 Å². The average Bonchev–Trinajstić information content (AvgIpc) is 2.67. The standard InChI is InChI=1S/C21H25Cl2NO2.ClH/c1-25-20-12-16(13-24-18-5-3-2-4-6-18)11-19(23)21(20)26-14-15-7-9-17(22)10-8-15;/h7-12,18,24H,2-6,13-14H2,1H3;1H/p-1. The molecule has 2 aromatic rings. The van der Waals surface area contributed by atoms with Gasteiger partial charge in [0.05, 0.1) is 12.1 Å². The Bertz CT molecular complexity index is 716. The molecular weight excluding hydrogens is 405 g/mol. The molecule has 0 radical (unpaired) electrons. The van der Waals surface area contributed by atoms with Gasteiger partial charge in [0.1, 0.15) is 6.61 Å². The molecule has 27 heavy (non-hydrogen) atoms. The van der Waals surface area contributed by atoms with Gasteiger partial charge in [0.15, 0.2) is 11.5 Å². The minimum absolute atomic E-state index is 0. The van der Waals surface area contributed by atoms with E-state index in [1.54, 1.807) is 7.11 Å². The summed E-state index contributed by atoms with van der Waals surface area (Å²) in [6.07, 6.45) is 6.51. The van der Waals surface area contributed by atoms with Gasteiger partial charge in [-0.25, -0.2) is 0 Å². The molecule has 2 aromatic carbocycles. The van der Waals surface area contributed by atoms with Gasteiger partial charge in [-0.3, -0.25) is 0 Å². The van der Waals surface area contributed by atoms with Crippen molar-refractivity contribution < 1.29 is 21.9 Å². The van der Waals surface area contributed by atoms with Crippen LogP contribution in [0.3, 0.4) is 0 Å². The highest BCUT2D eigenvalue weighted by molar-refractivity contribution is 6.32. The van der Waals surface area contributed by atoms with Gasteiger partial charge in [-0.1, -0.05) is 54.6 Å². The summed E-state index contributed by atoms with van der Waals surface area (Å²) in [7, 11) is 1.64. The van der Waals surface area contributed by atoms with Crippen molar-refractivity contribution in [3.8, 4) is 11.5 Å². The summed E-state index contributed by atoms with van der Waals surface area (Å²) < 4.78 is 11.4. The second-order valence-electron chi connectivity index (χ2n) is 6.74. The van der Waals surface area contributed by atoms with E-state index in [4.69, 9.17) is 32.7 Å². The van der Waals surface area contributed by atoms with Crippen molar-refractivity contribution in [3.63, 3.8) is 0 Å². The van der Waals surface area contributed by atoms with Crippen molar-refractivity contribution in [1.29, 1.82) is 0 Å². The van der Waals surface area contributed by atoms with Crippen LogP contribution in [-0.4, -0.2) is 13.2 Å². The molecule has 3 rings (SSSR count). The highest BCUT2D eigenvalue weighted by Crippen LogP contribution is 2.37. The largest absolute Gasteiger partial charge is 1.00 e. The van der Waals surface area contributed by atoms with E-state index >= 15 is 0 Å². The molecule has 0 heterocycles. The molecule has 1 aliphatic carbocycles. The third-order valence-corrected chi connectivity index (χ3v) is 5.32. The van der Waals surface area contributed by atoms with Crippen LogP contribution in [0.1, 0.15) is 43.2 Å². The van der Waals surface area contributed by atoms with E-state index in [-0.39, 0.29) is 12.4 Å². The maximum Gasteiger partial charge on any atom is 0.180 e. The maximum atomic E-state index is 6.47. The number of methoxy groups -OCH3 is 1. The Hall–Kier alpha value is -1.13. The van der Waals surface area contributed by atoms with Crippen LogP contribution in [0.15, 0.2) is 36.4 Å². The van der Waals surface area contributed by atoms with E-state index in [2.05, 4.69) is 5.32 Å². The smallest absolute Gasteiger partial charge is 0.180 e. The predicted molar refractivity (Wildman–Crippen MR) is 108 cm³/mol. The first-order valence-electron chi connectivity index (χ1n) is 9.13. The number of nitrogens with one attached hydrogen (secondary N) is 1. The predicted octanol–water partition coefficient (Wildman–Crippen LogP) is 3.01. The van der Waals surface area contributed by atoms with Crippen molar-refractivity contribution in [2.75, 3.05) is 7.11 Å². The molecule has 1 fully saturated rings. The summed E-state index contributed by atoms with van der Waals surface area (Å²) >= 11 is 12.4. The van der Waals surface area contributed by atoms with Crippen LogP contribution in [-0.2, 0) is 13.2 Å². The fourth-order valence-corrected chi connectivity index (χ4v) is 3.73. The molecule has 148 valence electrons. The molecule has 3 nitrogen and oxygen atoms in total. The van der Waals surface area contributed by atoms with Crippen molar-refractivity contribution in [3.05, 3.63) is 57.6 Å². The van der Waals surface area contributed by atoms with Crippen molar-refractivity contribution >= 4 is 23.2 Å². The van der Waals surface area contributed by atoms with Gasteiger partial charge in [0.25, 0.3) is 0 Å². The number of hydrogen-bond acceptors (Lipinski definition) is 3. The lowest BCUT2D eigenvalue weighted by Crippen LogP contribution is -3.00.